The van der Waals surface area contributed by atoms with Crippen molar-refractivity contribution < 1.29 is 9.59 Å². The van der Waals surface area contributed by atoms with Crippen LogP contribution in [0.2, 0.25) is 0 Å². The zero-order valence-corrected chi connectivity index (χ0v) is 15.5. The number of fused-ring (bicyclic) bond motifs is 5. The van der Waals surface area contributed by atoms with Gasteiger partial charge in [0.2, 0.25) is 0 Å². The molecule has 5 atom stereocenters. The normalized spacial score (nSPS) is 44.9. The van der Waals surface area contributed by atoms with E-state index in [9.17, 15) is 9.59 Å². The lowest BCUT2D eigenvalue weighted by Crippen LogP contribution is -2.51. The van der Waals surface area contributed by atoms with Crippen molar-refractivity contribution in [2.45, 2.75) is 52.9 Å². The van der Waals surface area contributed by atoms with E-state index in [-0.39, 0.29) is 16.6 Å². The summed E-state index contributed by atoms with van der Waals surface area (Å²) in [7, 11) is 0. The molecule has 2 nitrogen and oxygen atoms in total. The third-order valence-corrected chi connectivity index (χ3v) is 8.22. The summed E-state index contributed by atoms with van der Waals surface area (Å²) in [6.07, 6.45) is 6.32. The standard InChI is InChI=1S/C21H25ClO2/c1-11-9-13-14-5-6-17(24)20(14,3)8-7-15(13)21(4)12(2)10-16(23)19(22)18(11)21/h10,13-15H,1,5-9H2,2-4H3/t13-,14-,15-,20-,21+/m0/s1. The van der Waals surface area contributed by atoms with Crippen molar-refractivity contribution in [2.75, 3.05) is 0 Å². The number of carbonyl (C=O) groups is 2. The Morgan fingerprint density at radius 1 is 1.21 bits per heavy atom. The Labute approximate surface area is 149 Å². The van der Waals surface area contributed by atoms with E-state index >= 15 is 0 Å². The molecule has 0 aromatic heterocycles. The van der Waals surface area contributed by atoms with Gasteiger partial charge in [0, 0.05) is 17.3 Å². The Morgan fingerprint density at radius 3 is 2.62 bits per heavy atom. The van der Waals surface area contributed by atoms with Crippen LogP contribution in [-0.2, 0) is 9.59 Å². The van der Waals surface area contributed by atoms with E-state index in [2.05, 4.69) is 27.4 Å². The second-order valence-corrected chi connectivity index (χ2v) is 9.06. The van der Waals surface area contributed by atoms with Crippen molar-refractivity contribution in [3.05, 3.63) is 34.4 Å². The second-order valence-electron chi connectivity index (χ2n) is 8.69. The zero-order valence-electron chi connectivity index (χ0n) is 14.7. The van der Waals surface area contributed by atoms with E-state index < -0.39 is 0 Å². The van der Waals surface area contributed by atoms with Crippen molar-refractivity contribution in [3.63, 3.8) is 0 Å². The first-order valence-electron chi connectivity index (χ1n) is 9.06. The summed E-state index contributed by atoms with van der Waals surface area (Å²) < 4.78 is 0. The van der Waals surface area contributed by atoms with Crippen molar-refractivity contribution >= 4 is 23.2 Å². The van der Waals surface area contributed by atoms with Gasteiger partial charge in [-0.1, -0.05) is 37.6 Å². The van der Waals surface area contributed by atoms with Gasteiger partial charge in [0.15, 0.2) is 5.78 Å². The highest BCUT2D eigenvalue weighted by atomic mass is 35.5. The average molecular weight is 345 g/mol. The predicted molar refractivity (Wildman–Crippen MR) is 95.6 cm³/mol. The fraction of sp³-hybridized carbons (Fsp3) is 0.619. The Kier molecular flexibility index (Phi) is 3.36. The monoisotopic (exact) mass is 344 g/mol. The Bertz CT molecular complexity index is 743. The molecule has 0 N–H and O–H groups in total. The number of Topliss-reactive ketones (excluding diaryl/α,β-unsaturated/α-hetero) is 1. The van der Waals surface area contributed by atoms with Gasteiger partial charge in [-0.05, 0) is 67.6 Å². The van der Waals surface area contributed by atoms with Gasteiger partial charge in [0.25, 0.3) is 0 Å². The molecule has 0 heterocycles. The first-order chi connectivity index (χ1) is 11.2. The van der Waals surface area contributed by atoms with Crippen molar-refractivity contribution in [1.29, 1.82) is 0 Å². The van der Waals surface area contributed by atoms with Crippen LogP contribution in [0.5, 0.6) is 0 Å². The largest absolute Gasteiger partial charge is 0.299 e. The molecule has 4 rings (SSSR count). The highest BCUT2D eigenvalue weighted by Gasteiger charge is 2.60. The molecule has 0 unspecified atom stereocenters. The molecule has 0 aromatic rings. The minimum atomic E-state index is -0.210. The molecular formula is C21H25ClO2. The van der Waals surface area contributed by atoms with E-state index in [4.69, 9.17) is 11.6 Å². The van der Waals surface area contributed by atoms with Gasteiger partial charge in [-0.3, -0.25) is 9.59 Å². The predicted octanol–water partition coefficient (Wildman–Crippen LogP) is 4.99. The summed E-state index contributed by atoms with van der Waals surface area (Å²) in [6.45, 7) is 10.8. The topological polar surface area (TPSA) is 34.1 Å². The van der Waals surface area contributed by atoms with E-state index in [0.29, 0.717) is 28.6 Å². The molecule has 0 spiro atoms. The summed E-state index contributed by atoms with van der Waals surface area (Å²) in [5.41, 5.74) is 2.73. The van der Waals surface area contributed by atoms with Gasteiger partial charge in [-0.2, -0.15) is 0 Å². The molecule has 0 amide bonds. The second kappa shape index (κ2) is 4.94. The quantitative estimate of drug-likeness (QED) is 0.620. The van der Waals surface area contributed by atoms with Crippen molar-refractivity contribution in [3.8, 4) is 0 Å². The van der Waals surface area contributed by atoms with E-state index in [1.54, 1.807) is 6.08 Å². The van der Waals surface area contributed by atoms with E-state index in [1.165, 1.54) is 0 Å². The van der Waals surface area contributed by atoms with E-state index in [1.807, 2.05) is 0 Å². The lowest BCUT2D eigenvalue weighted by Gasteiger charge is -2.57. The number of hydrogen-bond donors (Lipinski definition) is 0. The van der Waals surface area contributed by atoms with Gasteiger partial charge in [-0.25, -0.2) is 0 Å². The van der Waals surface area contributed by atoms with E-state index in [0.717, 1.165) is 48.8 Å². The molecule has 0 bridgehead atoms. The van der Waals surface area contributed by atoms with Gasteiger partial charge in [-0.15, -0.1) is 0 Å². The first kappa shape index (κ1) is 16.3. The molecule has 3 saturated carbocycles. The van der Waals surface area contributed by atoms with Crippen LogP contribution < -0.4 is 0 Å². The van der Waals surface area contributed by atoms with Crippen LogP contribution in [0.1, 0.15) is 52.9 Å². The molecule has 24 heavy (non-hydrogen) atoms. The van der Waals surface area contributed by atoms with Crippen molar-refractivity contribution in [1.82, 2.24) is 0 Å². The fourth-order valence-corrected chi connectivity index (χ4v) is 6.79. The fourth-order valence-electron chi connectivity index (χ4n) is 6.41. The maximum absolute atomic E-state index is 12.5. The molecule has 4 aliphatic rings. The van der Waals surface area contributed by atoms with Crippen LogP contribution in [0.3, 0.4) is 0 Å². The number of allylic oxidation sites excluding steroid dienone is 5. The molecule has 0 aliphatic heterocycles. The Hall–Kier alpha value is -1.15. The smallest absolute Gasteiger partial charge is 0.197 e. The Morgan fingerprint density at radius 2 is 1.92 bits per heavy atom. The lowest BCUT2D eigenvalue weighted by molar-refractivity contribution is -0.131. The van der Waals surface area contributed by atoms with Crippen molar-refractivity contribution in [2.24, 2.45) is 28.6 Å². The maximum Gasteiger partial charge on any atom is 0.197 e. The summed E-state index contributed by atoms with van der Waals surface area (Å²) in [5.74, 6) is 1.73. The van der Waals surface area contributed by atoms with Crippen LogP contribution in [-0.4, -0.2) is 11.6 Å². The molecule has 0 saturated heterocycles. The number of ketones is 2. The van der Waals surface area contributed by atoms with Gasteiger partial charge in [0.05, 0.1) is 5.03 Å². The van der Waals surface area contributed by atoms with Crippen LogP contribution in [0, 0.1) is 28.6 Å². The number of rotatable bonds is 0. The van der Waals surface area contributed by atoms with Crippen LogP contribution >= 0.6 is 11.6 Å². The summed E-state index contributed by atoms with van der Waals surface area (Å²) >= 11 is 6.45. The molecule has 3 heteroatoms. The molecule has 0 radical (unpaired) electrons. The van der Waals surface area contributed by atoms with Gasteiger partial charge < -0.3 is 0 Å². The molecular weight excluding hydrogens is 320 g/mol. The van der Waals surface area contributed by atoms with Crippen LogP contribution in [0.4, 0.5) is 0 Å². The average Bonchev–Trinajstić information content (AvgIpc) is 2.81. The number of carbonyl (C=O) groups excluding carboxylic acids is 2. The minimum absolute atomic E-state index is 0.0852. The third kappa shape index (κ3) is 1.78. The summed E-state index contributed by atoms with van der Waals surface area (Å²) in [4.78, 5) is 24.7. The van der Waals surface area contributed by atoms with Gasteiger partial charge >= 0.3 is 0 Å². The molecule has 3 fully saturated rings. The highest BCUT2D eigenvalue weighted by molar-refractivity contribution is 6.45. The summed E-state index contributed by atoms with van der Waals surface area (Å²) in [5, 5.41) is 0.363. The van der Waals surface area contributed by atoms with Gasteiger partial charge in [0.1, 0.15) is 5.78 Å². The number of halogens is 1. The minimum Gasteiger partial charge on any atom is -0.299 e. The molecule has 128 valence electrons. The molecule has 4 aliphatic carbocycles. The van der Waals surface area contributed by atoms with Crippen LogP contribution in [0.25, 0.3) is 0 Å². The maximum atomic E-state index is 12.5. The number of hydrogen-bond acceptors (Lipinski definition) is 2. The van der Waals surface area contributed by atoms with Crippen LogP contribution in [0.15, 0.2) is 34.4 Å². The lowest BCUT2D eigenvalue weighted by atomic mass is 9.46. The molecule has 0 aromatic carbocycles. The third-order valence-electron chi connectivity index (χ3n) is 7.85. The highest BCUT2D eigenvalue weighted by Crippen LogP contribution is 2.66. The Balaban J connectivity index is 1.84. The summed E-state index contributed by atoms with van der Waals surface area (Å²) in [6, 6.07) is 0. The first-order valence-corrected chi connectivity index (χ1v) is 9.44. The SMILES string of the molecule is C=C1C[C@@H]2[C@H](CC[C@]3(C)C(=O)CC[C@@H]23)[C@@]2(C)C(C)=CC(=O)C(Cl)=C12. The zero-order chi connectivity index (χ0) is 17.4.